The first kappa shape index (κ1) is 33.8. The Hall–Kier alpha value is -2.70. The zero-order valence-corrected chi connectivity index (χ0v) is 28.0. The molecule has 0 saturated heterocycles. The van der Waals surface area contributed by atoms with Gasteiger partial charge in [-0.1, -0.05) is 66.5 Å². The van der Waals surface area contributed by atoms with Crippen molar-refractivity contribution in [2.75, 3.05) is 27.2 Å². The fraction of sp³-hybridized carbons (Fsp3) is 0.611. The predicted molar refractivity (Wildman–Crippen MR) is 179 cm³/mol. The Labute approximate surface area is 255 Å². The molecule has 3 rings (SSSR count). The number of aromatic hydroxyl groups is 2. The van der Waals surface area contributed by atoms with E-state index in [4.69, 9.17) is 0 Å². The Kier molecular flexibility index (Phi) is 11.4. The van der Waals surface area contributed by atoms with Crippen LogP contribution in [0.2, 0.25) is 0 Å². The van der Waals surface area contributed by atoms with Crippen molar-refractivity contribution in [3.8, 4) is 11.5 Å². The summed E-state index contributed by atoms with van der Waals surface area (Å²) in [7, 11) is 4.38. The zero-order chi connectivity index (χ0) is 31.2. The van der Waals surface area contributed by atoms with Crippen LogP contribution in [0.4, 0.5) is 0 Å². The topological polar surface area (TPSA) is 71.7 Å². The number of phenolic OH excluding ortho intramolecular Hbond substituents is 2. The fourth-order valence-electron chi connectivity index (χ4n) is 6.01. The molecule has 0 spiro atoms. The highest BCUT2D eigenvalue weighted by atomic mass is 16.3. The summed E-state index contributed by atoms with van der Waals surface area (Å²) < 4.78 is 0. The van der Waals surface area contributed by atoms with Gasteiger partial charge in [-0.25, -0.2) is 0 Å². The van der Waals surface area contributed by atoms with E-state index in [0.717, 1.165) is 35.1 Å². The molecule has 1 aliphatic carbocycles. The molecule has 0 heterocycles. The van der Waals surface area contributed by atoms with E-state index in [0.29, 0.717) is 49.8 Å². The van der Waals surface area contributed by atoms with Gasteiger partial charge in [-0.15, -0.1) is 0 Å². The van der Waals surface area contributed by atoms with Crippen LogP contribution in [0.5, 0.6) is 11.5 Å². The van der Waals surface area contributed by atoms with E-state index in [1.165, 1.54) is 24.0 Å². The molecule has 0 radical (unpaired) electrons. The largest absolute Gasteiger partial charge is 0.507 e. The van der Waals surface area contributed by atoms with E-state index in [1.807, 2.05) is 26.3 Å². The van der Waals surface area contributed by atoms with Crippen LogP contribution in [0, 0.1) is 0 Å². The van der Waals surface area contributed by atoms with Crippen LogP contribution in [0.25, 0.3) is 0 Å². The maximum absolute atomic E-state index is 11.3. The third kappa shape index (κ3) is 8.44. The van der Waals surface area contributed by atoms with Crippen molar-refractivity contribution in [1.29, 1.82) is 0 Å². The number of benzene rings is 2. The van der Waals surface area contributed by atoms with E-state index >= 15 is 0 Å². The SMILES string of the molecule is CCN=Cc1cc(C(C)(C)C)cc(CN(C)C2CCCCC2N(C)Cc2cc(C(C)(C)C)cc(C=NCC)c2O)c1O. The molecule has 232 valence electrons. The Balaban J connectivity index is 1.91. The summed E-state index contributed by atoms with van der Waals surface area (Å²) in [6, 6.07) is 9.17. The first-order chi connectivity index (χ1) is 19.7. The molecule has 1 fully saturated rings. The van der Waals surface area contributed by atoms with Gasteiger partial charge in [0.15, 0.2) is 0 Å². The summed E-state index contributed by atoms with van der Waals surface area (Å²) in [5, 5.41) is 22.5. The van der Waals surface area contributed by atoms with Crippen LogP contribution in [0.3, 0.4) is 0 Å². The van der Waals surface area contributed by atoms with E-state index in [1.54, 1.807) is 0 Å². The molecule has 2 unspecified atom stereocenters. The Morgan fingerprint density at radius 2 is 1.05 bits per heavy atom. The van der Waals surface area contributed by atoms with Gasteiger partial charge in [0.2, 0.25) is 0 Å². The molecule has 42 heavy (non-hydrogen) atoms. The molecule has 0 aromatic heterocycles. The number of likely N-dealkylation sites (N-methyl/N-ethyl adjacent to an activating group) is 2. The third-order valence-corrected chi connectivity index (χ3v) is 8.66. The average molecular weight is 577 g/mol. The zero-order valence-electron chi connectivity index (χ0n) is 28.0. The second-order valence-electron chi connectivity index (χ2n) is 14.2. The Morgan fingerprint density at radius 1 is 0.690 bits per heavy atom. The molecule has 2 N–H and O–H groups in total. The minimum atomic E-state index is -0.0340. The lowest BCUT2D eigenvalue weighted by Crippen LogP contribution is -2.50. The highest BCUT2D eigenvalue weighted by Gasteiger charge is 2.32. The van der Waals surface area contributed by atoms with E-state index in [9.17, 15) is 10.2 Å². The second-order valence-corrected chi connectivity index (χ2v) is 14.2. The van der Waals surface area contributed by atoms with Crippen molar-refractivity contribution in [2.24, 2.45) is 9.98 Å². The van der Waals surface area contributed by atoms with Crippen molar-refractivity contribution in [1.82, 2.24) is 9.80 Å². The van der Waals surface area contributed by atoms with Crippen LogP contribution in [-0.4, -0.2) is 71.7 Å². The summed E-state index contributed by atoms with van der Waals surface area (Å²) in [6.45, 7) is 20.0. The van der Waals surface area contributed by atoms with Crippen LogP contribution in [-0.2, 0) is 23.9 Å². The third-order valence-electron chi connectivity index (χ3n) is 8.66. The molecule has 1 saturated carbocycles. The molecular weight excluding hydrogens is 520 g/mol. The van der Waals surface area contributed by atoms with Crippen molar-refractivity contribution in [3.63, 3.8) is 0 Å². The van der Waals surface area contributed by atoms with Gasteiger partial charge in [-0.2, -0.15) is 0 Å². The van der Waals surface area contributed by atoms with Gasteiger partial charge in [0.05, 0.1) is 0 Å². The van der Waals surface area contributed by atoms with Gasteiger partial charge in [-0.05, 0) is 74.9 Å². The lowest BCUT2D eigenvalue weighted by atomic mass is 9.84. The van der Waals surface area contributed by atoms with Gasteiger partial charge >= 0.3 is 0 Å². The van der Waals surface area contributed by atoms with Crippen LogP contribution < -0.4 is 0 Å². The van der Waals surface area contributed by atoms with Crippen molar-refractivity contribution >= 4 is 12.4 Å². The molecule has 2 aromatic carbocycles. The number of nitrogens with zero attached hydrogens (tertiary/aromatic N) is 4. The highest BCUT2D eigenvalue weighted by molar-refractivity contribution is 5.85. The molecule has 6 heteroatoms. The summed E-state index contributed by atoms with van der Waals surface area (Å²) in [4.78, 5) is 13.7. The normalized spacial score (nSPS) is 18.7. The van der Waals surface area contributed by atoms with Crippen LogP contribution in [0.1, 0.15) is 114 Å². The van der Waals surface area contributed by atoms with Gasteiger partial charge < -0.3 is 10.2 Å². The molecule has 0 bridgehead atoms. The van der Waals surface area contributed by atoms with Crippen LogP contribution >= 0.6 is 0 Å². The quantitative estimate of drug-likeness (QED) is 0.288. The maximum Gasteiger partial charge on any atom is 0.128 e. The lowest BCUT2D eigenvalue weighted by molar-refractivity contribution is 0.0684. The number of aliphatic imine (C=N–C) groups is 2. The minimum Gasteiger partial charge on any atom is -0.507 e. The fourth-order valence-corrected chi connectivity index (χ4v) is 6.01. The van der Waals surface area contributed by atoms with Crippen molar-refractivity contribution in [3.05, 3.63) is 57.6 Å². The summed E-state index contributed by atoms with van der Waals surface area (Å²) in [6.07, 6.45) is 8.23. The van der Waals surface area contributed by atoms with Gasteiger partial charge in [0.25, 0.3) is 0 Å². The Morgan fingerprint density at radius 3 is 1.36 bits per heavy atom. The molecule has 6 nitrogen and oxygen atoms in total. The molecule has 2 aromatic rings. The van der Waals surface area contributed by atoms with E-state index in [-0.39, 0.29) is 10.8 Å². The number of rotatable bonds is 10. The van der Waals surface area contributed by atoms with Gasteiger partial charge in [0.1, 0.15) is 11.5 Å². The summed E-state index contributed by atoms with van der Waals surface area (Å²) >= 11 is 0. The first-order valence-corrected chi connectivity index (χ1v) is 15.8. The molecule has 0 amide bonds. The van der Waals surface area contributed by atoms with E-state index < -0.39 is 0 Å². The first-order valence-electron chi connectivity index (χ1n) is 15.8. The van der Waals surface area contributed by atoms with E-state index in [2.05, 4.69) is 99.7 Å². The van der Waals surface area contributed by atoms with Gasteiger partial charge in [0, 0.05) is 72.9 Å². The standard InChI is InChI=1S/C36H56N4O2/c1-11-37-21-25-17-29(35(3,4)5)19-27(33(25)41)23-39(9)31-15-13-14-16-32(31)40(10)24-28-20-30(36(6,7)8)18-26(34(28)42)22-38-12-2/h17-22,31-32,41-42H,11-16,23-24H2,1-10H3. The summed E-state index contributed by atoms with van der Waals surface area (Å²) in [5.41, 5.74) is 5.82. The highest BCUT2D eigenvalue weighted by Crippen LogP contribution is 2.35. The van der Waals surface area contributed by atoms with Crippen molar-refractivity contribution < 1.29 is 10.2 Å². The van der Waals surface area contributed by atoms with Crippen LogP contribution in [0.15, 0.2) is 34.3 Å². The van der Waals surface area contributed by atoms with Crippen molar-refractivity contribution in [2.45, 2.75) is 117 Å². The average Bonchev–Trinajstić information content (AvgIpc) is 2.92. The lowest BCUT2D eigenvalue weighted by Gasteiger charge is -2.43. The molecular formula is C36H56N4O2. The predicted octanol–water partition coefficient (Wildman–Crippen LogP) is 7.45. The van der Waals surface area contributed by atoms with Gasteiger partial charge in [-0.3, -0.25) is 19.8 Å². The Bertz CT molecular complexity index is 1160. The minimum absolute atomic E-state index is 0.0340. The monoisotopic (exact) mass is 576 g/mol. The number of hydrogen-bond acceptors (Lipinski definition) is 6. The molecule has 0 aliphatic heterocycles. The maximum atomic E-state index is 11.3. The smallest absolute Gasteiger partial charge is 0.128 e. The summed E-state index contributed by atoms with van der Waals surface area (Å²) in [5.74, 6) is 0.663. The second kappa shape index (κ2) is 14.2. The molecule has 2 atom stereocenters. The number of hydrogen-bond donors (Lipinski definition) is 2. The number of phenols is 2. The molecule has 1 aliphatic rings.